The molecule has 0 fully saturated rings. The Morgan fingerprint density at radius 1 is 0.280 bits per heavy atom. The maximum absolute atomic E-state index is 12.9. The molecule has 0 aliphatic carbocycles. The van der Waals surface area contributed by atoms with Crippen LogP contribution < -0.4 is 0 Å². The fourth-order valence-electron chi connectivity index (χ4n) is 9.35. The predicted octanol–water partition coefficient (Wildman–Crippen LogP) is 22.1. The minimum atomic E-state index is -0.779. The summed E-state index contributed by atoms with van der Waals surface area (Å²) in [6, 6.07) is 0. The first-order valence-electron chi connectivity index (χ1n) is 32.4. The highest BCUT2D eigenvalue weighted by Gasteiger charge is 2.19. The second-order valence-electron chi connectivity index (χ2n) is 21.6. The molecule has 0 N–H and O–H groups in total. The van der Waals surface area contributed by atoms with Crippen LogP contribution in [0.5, 0.6) is 0 Å². The Morgan fingerprint density at radius 3 is 0.840 bits per heavy atom. The molecule has 75 heavy (non-hydrogen) atoms. The fraction of sp³-hybridized carbons (Fsp3) is 0.783. The van der Waals surface area contributed by atoms with E-state index in [0.717, 1.165) is 89.9 Å². The molecular weight excluding hydrogens is 925 g/mol. The van der Waals surface area contributed by atoms with Crippen molar-refractivity contribution in [2.45, 2.75) is 335 Å². The average molecular weight is 1050 g/mol. The summed E-state index contributed by atoms with van der Waals surface area (Å²) in [7, 11) is 0. The summed E-state index contributed by atoms with van der Waals surface area (Å²) in [5.74, 6) is -0.866. The molecule has 0 radical (unpaired) electrons. The largest absolute Gasteiger partial charge is 0.462 e. The van der Waals surface area contributed by atoms with Crippen LogP contribution in [0.15, 0.2) is 72.9 Å². The summed E-state index contributed by atoms with van der Waals surface area (Å²) in [4.78, 5) is 38.4. The summed E-state index contributed by atoms with van der Waals surface area (Å²) in [6.07, 6.45) is 81.8. The van der Waals surface area contributed by atoms with Crippen LogP contribution in [-0.4, -0.2) is 37.2 Å². The molecule has 0 heterocycles. The van der Waals surface area contributed by atoms with E-state index in [0.29, 0.717) is 19.3 Å². The molecule has 0 spiro atoms. The van der Waals surface area contributed by atoms with Crippen LogP contribution in [0.25, 0.3) is 0 Å². The highest BCUT2D eigenvalue weighted by atomic mass is 16.6. The molecule has 0 amide bonds. The van der Waals surface area contributed by atoms with E-state index in [2.05, 4.69) is 93.7 Å². The van der Waals surface area contributed by atoms with Crippen LogP contribution in [0.2, 0.25) is 0 Å². The number of ether oxygens (including phenoxy) is 3. The summed E-state index contributed by atoms with van der Waals surface area (Å²) in [5, 5.41) is 0. The van der Waals surface area contributed by atoms with E-state index in [1.807, 2.05) is 0 Å². The van der Waals surface area contributed by atoms with Gasteiger partial charge < -0.3 is 14.2 Å². The second-order valence-corrected chi connectivity index (χ2v) is 21.6. The smallest absolute Gasteiger partial charge is 0.306 e. The van der Waals surface area contributed by atoms with Crippen LogP contribution in [0, 0.1) is 0 Å². The molecule has 0 rings (SSSR count). The van der Waals surface area contributed by atoms with E-state index in [9.17, 15) is 14.4 Å². The standard InChI is InChI=1S/C69H122O6/c1-4-7-10-13-16-19-22-25-28-30-32-33-34-35-37-38-41-44-47-50-53-56-59-62-68(71)74-65-66(64-73-67(70)61-58-55-52-49-46-43-40-27-24-21-18-15-12-9-6-3)75-69(72)63-60-57-54-51-48-45-42-39-36-31-29-26-23-20-17-14-11-8-5-2/h7,10,16-17,19-20,25-26,28-29,32-33,66H,4-6,8-9,11-15,18,21-24,27,30-31,34-65H2,1-3H3/b10-7-,19-16-,20-17-,28-25-,29-26-,33-32-. The fourth-order valence-corrected chi connectivity index (χ4v) is 9.35. The lowest BCUT2D eigenvalue weighted by molar-refractivity contribution is -0.167. The van der Waals surface area contributed by atoms with Crippen LogP contribution in [0.3, 0.4) is 0 Å². The minimum Gasteiger partial charge on any atom is -0.462 e. The van der Waals surface area contributed by atoms with Crippen molar-refractivity contribution in [1.82, 2.24) is 0 Å². The molecule has 1 unspecified atom stereocenters. The highest BCUT2D eigenvalue weighted by molar-refractivity contribution is 5.71. The first-order valence-corrected chi connectivity index (χ1v) is 32.4. The number of allylic oxidation sites excluding steroid dienone is 12. The van der Waals surface area contributed by atoms with Crippen molar-refractivity contribution in [3.63, 3.8) is 0 Å². The Kier molecular flexibility index (Phi) is 60.7. The third-order valence-corrected chi connectivity index (χ3v) is 14.2. The number of unbranched alkanes of at least 4 members (excludes halogenated alkanes) is 36. The van der Waals surface area contributed by atoms with Crippen molar-refractivity contribution in [2.75, 3.05) is 13.2 Å². The van der Waals surface area contributed by atoms with Crippen LogP contribution in [-0.2, 0) is 28.6 Å². The monoisotopic (exact) mass is 1050 g/mol. The Hall–Kier alpha value is -3.15. The molecule has 0 aliphatic heterocycles. The molecule has 0 bridgehead atoms. The zero-order chi connectivity index (χ0) is 54.3. The van der Waals surface area contributed by atoms with Crippen LogP contribution in [0.4, 0.5) is 0 Å². The maximum atomic E-state index is 12.9. The molecule has 6 nitrogen and oxygen atoms in total. The lowest BCUT2D eigenvalue weighted by Gasteiger charge is -2.18. The van der Waals surface area contributed by atoms with Gasteiger partial charge in [0.2, 0.25) is 0 Å². The van der Waals surface area contributed by atoms with Gasteiger partial charge in [0.05, 0.1) is 0 Å². The zero-order valence-electron chi connectivity index (χ0n) is 49.8. The van der Waals surface area contributed by atoms with E-state index >= 15 is 0 Å². The van der Waals surface area contributed by atoms with E-state index in [-0.39, 0.29) is 31.1 Å². The van der Waals surface area contributed by atoms with Crippen molar-refractivity contribution >= 4 is 17.9 Å². The number of rotatable bonds is 59. The van der Waals surface area contributed by atoms with Gasteiger partial charge in [-0.2, -0.15) is 0 Å². The summed E-state index contributed by atoms with van der Waals surface area (Å²) < 4.78 is 17.0. The predicted molar refractivity (Wildman–Crippen MR) is 325 cm³/mol. The molecule has 0 aromatic carbocycles. The maximum Gasteiger partial charge on any atom is 0.306 e. The van der Waals surface area contributed by atoms with Crippen molar-refractivity contribution in [3.05, 3.63) is 72.9 Å². The minimum absolute atomic E-state index is 0.0747. The number of esters is 3. The number of carbonyl (C=O) groups excluding carboxylic acids is 3. The Bertz CT molecular complexity index is 1390. The first-order chi connectivity index (χ1) is 37.0. The molecule has 0 saturated carbocycles. The number of hydrogen-bond acceptors (Lipinski definition) is 6. The van der Waals surface area contributed by atoms with Gasteiger partial charge in [-0.1, -0.05) is 293 Å². The Labute approximate surface area is 465 Å². The lowest BCUT2D eigenvalue weighted by Crippen LogP contribution is -2.30. The number of carbonyl (C=O) groups is 3. The summed E-state index contributed by atoms with van der Waals surface area (Å²) >= 11 is 0. The van der Waals surface area contributed by atoms with Gasteiger partial charge in [-0.25, -0.2) is 0 Å². The highest BCUT2D eigenvalue weighted by Crippen LogP contribution is 2.17. The molecule has 434 valence electrons. The van der Waals surface area contributed by atoms with E-state index in [1.165, 1.54) is 199 Å². The second kappa shape index (κ2) is 63.4. The molecule has 0 aromatic heterocycles. The molecule has 0 aliphatic rings. The normalized spacial score (nSPS) is 12.5. The van der Waals surface area contributed by atoms with Gasteiger partial charge in [0.25, 0.3) is 0 Å². The average Bonchev–Trinajstić information content (AvgIpc) is 3.41. The van der Waals surface area contributed by atoms with Crippen molar-refractivity contribution < 1.29 is 28.6 Å². The van der Waals surface area contributed by atoms with E-state index < -0.39 is 6.10 Å². The van der Waals surface area contributed by atoms with Crippen molar-refractivity contribution in [2.24, 2.45) is 0 Å². The third-order valence-electron chi connectivity index (χ3n) is 14.2. The summed E-state index contributed by atoms with van der Waals surface area (Å²) in [5.41, 5.74) is 0. The molecule has 0 saturated heterocycles. The topological polar surface area (TPSA) is 78.9 Å². The Balaban J connectivity index is 4.34. The van der Waals surface area contributed by atoms with Gasteiger partial charge in [0.1, 0.15) is 13.2 Å². The lowest BCUT2D eigenvalue weighted by atomic mass is 10.0. The van der Waals surface area contributed by atoms with Gasteiger partial charge in [-0.3, -0.25) is 14.4 Å². The number of hydrogen-bond donors (Lipinski definition) is 0. The van der Waals surface area contributed by atoms with Gasteiger partial charge >= 0.3 is 17.9 Å². The summed E-state index contributed by atoms with van der Waals surface area (Å²) in [6.45, 7) is 6.54. The zero-order valence-corrected chi connectivity index (χ0v) is 49.8. The van der Waals surface area contributed by atoms with Gasteiger partial charge in [-0.15, -0.1) is 0 Å². The molecule has 6 heteroatoms. The third kappa shape index (κ3) is 61.6. The van der Waals surface area contributed by atoms with Gasteiger partial charge in [0, 0.05) is 19.3 Å². The molecular formula is C69H122O6. The SMILES string of the molecule is CC/C=C\C/C=C\C/C=C\C/C=C\CCCCCCCCCCCCC(=O)OCC(COC(=O)CCCCCCCCCCCCCCCCC)OC(=O)CCCCCCCCCCC/C=C\C/C=C\CCCCC. The van der Waals surface area contributed by atoms with Gasteiger partial charge in [-0.05, 0) is 89.9 Å². The van der Waals surface area contributed by atoms with Crippen LogP contribution >= 0.6 is 0 Å². The van der Waals surface area contributed by atoms with Crippen molar-refractivity contribution in [3.8, 4) is 0 Å². The molecule has 0 aromatic rings. The Morgan fingerprint density at radius 2 is 0.520 bits per heavy atom. The van der Waals surface area contributed by atoms with Crippen molar-refractivity contribution in [1.29, 1.82) is 0 Å². The van der Waals surface area contributed by atoms with Crippen LogP contribution in [0.1, 0.15) is 329 Å². The van der Waals surface area contributed by atoms with Gasteiger partial charge in [0.15, 0.2) is 6.10 Å². The first kappa shape index (κ1) is 71.8. The molecule has 1 atom stereocenters. The quantitative estimate of drug-likeness (QED) is 0.0261. The van der Waals surface area contributed by atoms with E-state index in [1.54, 1.807) is 0 Å². The van der Waals surface area contributed by atoms with E-state index in [4.69, 9.17) is 14.2 Å².